The van der Waals surface area contributed by atoms with Gasteiger partial charge in [0, 0.05) is 12.6 Å². The molecule has 3 aromatic heterocycles. The lowest BCUT2D eigenvalue weighted by Gasteiger charge is -2.21. The van der Waals surface area contributed by atoms with E-state index in [1.165, 1.54) is 6.07 Å². The fourth-order valence-corrected chi connectivity index (χ4v) is 3.60. The fourth-order valence-electron chi connectivity index (χ4n) is 3.60. The standard InChI is InChI=1S/C23H22F2N4O4/c1-13-20(18(31)10-23(3,12-30)22-27-14(2)28-33-22)29-9-5-8-19(21(29)26-13)32-11-15-16(24)6-4-7-17(15)25/h4-9,30H,10-12H2,1-3H3. The molecule has 0 aliphatic carbocycles. The van der Waals surface area contributed by atoms with E-state index in [0.29, 0.717) is 22.9 Å². The molecule has 33 heavy (non-hydrogen) atoms. The molecule has 8 nitrogen and oxygen atoms in total. The molecule has 0 saturated heterocycles. The molecule has 0 saturated carbocycles. The van der Waals surface area contributed by atoms with Crippen molar-refractivity contribution in [2.45, 2.75) is 39.2 Å². The van der Waals surface area contributed by atoms with Crippen LogP contribution in [0.5, 0.6) is 5.75 Å². The van der Waals surface area contributed by atoms with Crippen LogP contribution in [-0.4, -0.2) is 37.0 Å². The van der Waals surface area contributed by atoms with Crippen molar-refractivity contribution in [3.05, 3.63) is 76.8 Å². The minimum Gasteiger partial charge on any atom is -0.485 e. The number of ketones is 1. The van der Waals surface area contributed by atoms with Crippen LogP contribution in [-0.2, 0) is 12.0 Å². The van der Waals surface area contributed by atoms with Gasteiger partial charge in [-0.05, 0) is 45.0 Å². The minimum absolute atomic E-state index is 0.106. The highest BCUT2D eigenvalue weighted by atomic mass is 19.1. The molecular weight excluding hydrogens is 434 g/mol. The van der Waals surface area contributed by atoms with Gasteiger partial charge in [-0.2, -0.15) is 4.98 Å². The number of carbonyl (C=O) groups excluding carboxylic acids is 1. The molecule has 10 heteroatoms. The number of nitrogens with zero attached hydrogens (tertiary/aromatic N) is 4. The quantitative estimate of drug-likeness (QED) is 0.403. The Morgan fingerprint density at radius 2 is 1.91 bits per heavy atom. The van der Waals surface area contributed by atoms with Gasteiger partial charge in [0.05, 0.1) is 23.3 Å². The lowest BCUT2D eigenvalue weighted by Crippen LogP contribution is -2.31. The van der Waals surface area contributed by atoms with Gasteiger partial charge in [0.25, 0.3) is 0 Å². The van der Waals surface area contributed by atoms with Crippen LogP contribution in [0.25, 0.3) is 5.65 Å². The van der Waals surface area contributed by atoms with Crippen molar-refractivity contribution in [2.24, 2.45) is 0 Å². The average Bonchev–Trinajstić information content (AvgIpc) is 3.36. The lowest BCUT2D eigenvalue weighted by atomic mass is 9.84. The second-order valence-corrected chi connectivity index (χ2v) is 8.07. The number of imidazole rings is 1. The molecule has 0 fully saturated rings. The summed E-state index contributed by atoms with van der Waals surface area (Å²) in [5.41, 5.74) is -0.216. The summed E-state index contributed by atoms with van der Waals surface area (Å²) >= 11 is 0. The zero-order valence-corrected chi connectivity index (χ0v) is 18.3. The number of ether oxygens (including phenoxy) is 1. The predicted octanol–water partition coefficient (Wildman–Crippen LogP) is 3.71. The van der Waals surface area contributed by atoms with Crippen molar-refractivity contribution in [2.75, 3.05) is 6.61 Å². The van der Waals surface area contributed by atoms with Gasteiger partial charge < -0.3 is 14.4 Å². The van der Waals surface area contributed by atoms with Crippen LogP contribution in [0.2, 0.25) is 0 Å². The van der Waals surface area contributed by atoms with Crippen LogP contribution < -0.4 is 4.74 Å². The Morgan fingerprint density at radius 3 is 2.55 bits per heavy atom. The van der Waals surface area contributed by atoms with Gasteiger partial charge in [0.1, 0.15) is 23.9 Å². The summed E-state index contributed by atoms with van der Waals surface area (Å²) in [6.07, 6.45) is 1.54. The summed E-state index contributed by atoms with van der Waals surface area (Å²) in [5, 5.41) is 13.7. The maximum Gasteiger partial charge on any atom is 0.235 e. The number of Topliss-reactive ketones (excluding diaryl/α,β-unsaturated/α-hetero) is 1. The molecule has 0 amide bonds. The molecular formula is C23H22F2N4O4. The fraction of sp³-hybridized carbons (Fsp3) is 0.304. The van der Waals surface area contributed by atoms with Crippen molar-refractivity contribution in [3.8, 4) is 5.75 Å². The Labute approximate surface area is 187 Å². The third-order valence-electron chi connectivity index (χ3n) is 5.43. The largest absolute Gasteiger partial charge is 0.485 e. The van der Waals surface area contributed by atoms with Gasteiger partial charge in [-0.3, -0.25) is 9.20 Å². The third kappa shape index (κ3) is 4.21. The molecule has 3 heterocycles. The van der Waals surface area contributed by atoms with Gasteiger partial charge >= 0.3 is 0 Å². The normalized spacial score (nSPS) is 13.3. The summed E-state index contributed by atoms with van der Waals surface area (Å²) in [6.45, 7) is 4.27. The highest BCUT2D eigenvalue weighted by Crippen LogP contribution is 2.30. The summed E-state index contributed by atoms with van der Waals surface area (Å²) in [4.78, 5) is 21.9. The number of carbonyl (C=O) groups is 1. The van der Waals surface area contributed by atoms with Crippen LogP contribution in [0.1, 0.15) is 46.8 Å². The molecule has 1 unspecified atom stereocenters. The Bertz CT molecular complexity index is 1310. The Morgan fingerprint density at radius 1 is 1.18 bits per heavy atom. The van der Waals surface area contributed by atoms with Crippen molar-refractivity contribution >= 4 is 11.4 Å². The number of aromatic nitrogens is 4. The van der Waals surface area contributed by atoms with Crippen LogP contribution in [0.3, 0.4) is 0 Å². The first-order valence-electron chi connectivity index (χ1n) is 10.2. The van der Waals surface area contributed by atoms with E-state index in [0.717, 1.165) is 12.1 Å². The van der Waals surface area contributed by atoms with E-state index >= 15 is 0 Å². The molecule has 0 bridgehead atoms. The molecule has 4 rings (SSSR count). The first-order chi connectivity index (χ1) is 15.7. The van der Waals surface area contributed by atoms with Crippen molar-refractivity contribution in [1.82, 2.24) is 19.5 Å². The number of aryl methyl sites for hydroxylation is 2. The number of aliphatic hydroxyl groups excluding tert-OH is 1. The smallest absolute Gasteiger partial charge is 0.235 e. The van der Waals surface area contributed by atoms with Crippen LogP contribution in [0.4, 0.5) is 8.78 Å². The number of benzene rings is 1. The van der Waals surface area contributed by atoms with E-state index < -0.39 is 17.0 Å². The zero-order chi connectivity index (χ0) is 23.8. The number of aliphatic hydroxyl groups is 1. The topological polar surface area (TPSA) is 103 Å². The second-order valence-electron chi connectivity index (χ2n) is 8.07. The molecule has 1 aromatic carbocycles. The van der Waals surface area contributed by atoms with E-state index in [1.54, 1.807) is 43.5 Å². The van der Waals surface area contributed by atoms with Gasteiger partial charge in [-0.15, -0.1) is 0 Å². The molecule has 0 spiro atoms. The maximum absolute atomic E-state index is 14.0. The number of pyridine rings is 1. The highest BCUT2D eigenvalue weighted by Gasteiger charge is 2.36. The Hall–Kier alpha value is -3.66. The van der Waals surface area contributed by atoms with E-state index in [1.807, 2.05) is 0 Å². The molecule has 172 valence electrons. The summed E-state index contributed by atoms with van der Waals surface area (Å²) in [6, 6.07) is 6.84. The van der Waals surface area contributed by atoms with Crippen LogP contribution in [0, 0.1) is 25.5 Å². The summed E-state index contributed by atoms with van der Waals surface area (Å²) in [5.74, 6) is -0.896. The molecule has 0 radical (unpaired) electrons. The van der Waals surface area contributed by atoms with Gasteiger partial charge in [0.15, 0.2) is 23.0 Å². The zero-order valence-electron chi connectivity index (χ0n) is 18.3. The third-order valence-corrected chi connectivity index (χ3v) is 5.43. The predicted molar refractivity (Wildman–Crippen MR) is 113 cm³/mol. The lowest BCUT2D eigenvalue weighted by molar-refractivity contribution is 0.0881. The minimum atomic E-state index is -1.08. The van der Waals surface area contributed by atoms with Crippen molar-refractivity contribution < 1.29 is 27.9 Å². The second kappa shape index (κ2) is 8.70. The first-order valence-corrected chi connectivity index (χ1v) is 10.2. The van der Waals surface area contributed by atoms with E-state index in [9.17, 15) is 18.7 Å². The number of halogens is 2. The molecule has 1 atom stereocenters. The number of hydrogen-bond acceptors (Lipinski definition) is 7. The highest BCUT2D eigenvalue weighted by molar-refractivity contribution is 5.97. The van der Waals surface area contributed by atoms with Crippen LogP contribution >= 0.6 is 0 Å². The Balaban J connectivity index is 1.64. The molecule has 4 aromatic rings. The molecule has 1 N–H and O–H groups in total. The average molecular weight is 456 g/mol. The van der Waals surface area contributed by atoms with Gasteiger partial charge in [-0.1, -0.05) is 11.2 Å². The number of rotatable bonds is 8. The van der Waals surface area contributed by atoms with E-state index in [-0.39, 0.29) is 42.6 Å². The molecule has 0 aliphatic heterocycles. The summed E-state index contributed by atoms with van der Waals surface area (Å²) in [7, 11) is 0. The van der Waals surface area contributed by atoms with Crippen LogP contribution in [0.15, 0.2) is 41.1 Å². The van der Waals surface area contributed by atoms with E-state index in [4.69, 9.17) is 9.26 Å². The van der Waals surface area contributed by atoms with Crippen molar-refractivity contribution in [1.29, 1.82) is 0 Å². The Kier molecular flexibility index (Phi) is 5.94. The van der Waals surface area contributed by atoms with Gasteiger partial charge in [-0.25, -0.2) is 13.8 Å². The maximum atomic E-state index is 14.0. The first kappa shape index (κ1) is 22.5. The van der Waals surface area contributed by atoms with Gasteiger partial charge in [0.2, 0.25) is 5.89 Å². The number of hydrogen-bond donors (Lipinski definition) is 1. The SMILES string of the molecule is Cc1noc(C(C)(CO)CC(=O)c2c(C)nc3c(OCc4c(F)cccc4F)cccn23)n1. The van der Waals surface area contributed by atoms with Crippen molar-refractivity contribution in [3.63, 3.8) is 0 Å². The molecule has 0 aliphatic rings. The summed E-state index contributed by atoms with van der Waals surface area (Å²) < 4.78 is 40.3. The number of fused-ring (bicyclic) bond motifs is 1. The van der Waals surface area contributed by atoms with E-state index in [2.05, 4.69) is 15.1 Å². The monoisotopic (exact) mass is 456 g/mol.